The summed E-state index contributed by atoms with van der Waals surface area (Å²) in [5, 5.41) is 5.54. The van der Waals surface area contributed by atoms with E-state index in [-0.39, 0.29) is 17.9 Å². The van der Waals surface area contributed by atoms with Crippen molar-refractivity contribution < 1.29 is 4.39 Å². The first-order valence-corrected chi connectivity index (χ1v) is 7.02. The number of hydrogen-bond donors (Lipinski definition) is 1. The van der Waals surface area contributed by atoms with Crippen LogP contribution >= 0.6 is 11.3 Å². The van der Waals surface area contributed by atoms with Crippen LogP contribution in [0.2, 0.25) is 0 Å². The van der Waals surface area contributed by atoms with Gasteiger partial charge in [0.1, 0.15) is 5.82 Å². The first kappa shape index (κ1) is 13.2. The molecule has 0 aliphatic rings. The van der Waals surface area contributed by atoms with Gasteiger partial charge in [-0.3, -0.25) is 0 Å². The fourth-order valence-electron chi connectivity index (χ4n) is 2.19. The molecule has 0 saturated carbocycles. The Kier molecular flexibility index (Phi) is 4.15. The Labute approximate surface area is 112 Å². The summed E-state index contributed by atoms with van der Waals surface area (Å²) in [6, 6.07) is 9.29. The maximum atomic E-state index is 13.7. The topological polar surface area (TPSA) is 12.0 Å². The van der Waals surface area contributed by atoms with Crippen molar-refractivity contribution in [2.45, 2.75) is 32.9 Å². The molecular weight excluding hydrogens is 245 g/mol. The Balaban J connectivity index is 2.11. The third kappa shape index (κ3) is 2.79. The molecule has 2 rings (SSSR count). The largest absolute Gasteiger partial charge is 0.303 e. The van der Waals surface area contributed by atoms with Gasteiger partial charge in [0.15, 0.2) is 0 Å². The van der Waals surface area contributed by atoms with Crippen molar-refractivity contribution in [3.63, 3.8) is 0 Å². The molecule has 1 heterocycles. The molecule has 1 N–H and O–H groups in total. The van der Waals surface area contributed by atoms with Gasteiger partial charge in [-0.2, -0.15) is 0 Å². The van der Waals surface area contributed by atoms with E-state index in [1.807, 2.05) is 19.1 Å². The maximum Gasteiger partial charge on any atom is 0.127 e. The summed E-state index contributed by atoms with van der Waals surface area (Å²) in [6.45, 7) is 6.23. The number of nitrogens with one attached hydrogen (secondary N) is 1. The van der Waals surface area contributed by atoms with Gasteiger partial charge in [0.05, 0.1) is 0 Å². The number of hydrogen-bond acceptors (Lipinski definition) is 2. The van der Waals surface area contributed by atoms with Crippen molar-refractivity contribution in [3.8, 4) is 0 Å². The molecule has 0 spiro atoms. The Morgan fingerprint density at radius 2 is 1.83 bits per heavy atom. The van der Waals surface area contributed by atoms with Crippen LogP contribution in [-0.2, 0) is 0 Å². The van der Waals surface area contributed by atoms with Crippen LogP contribution in [0.1, 0.15) is 41.9 Å². The van der Waals surface area contributed by atoms with Crippen molar-refractivity contribution in [2.24, 2.45) is 0 Å². The van der Waals surface area contributed by atoms with E-state index in [0.29, 0.717) is 0 Å². The lowest BCUT2D eigenvalue weighted by molar-refractivity contribution is 0.477. The molecular formula is C15H18FNS. The standard InChI is InChI=1S/C15H18FNS/c1-10-8-9-18-15(10)12(3)17-11(2)13-6-4-5-7-14(13)16/h4-9,11-12,17H,1-3H3/t11-,12?/m1/s1. The van der Waals surface area contributed by atoms with Crippen LogP contribution in [0.15, 0.2) is 35.7 Å². The third-order valence-electron chi connectivity index (χ3n) is 3.17. The number of benzene rings is 1. The molecule has 2 aromatic rings. The molecule has 2 atom stereocenters. The fraction of sp³-hybridized carbons (Fsp3) is 0.333. The van der Waals surface area contributed by atoms with Gasteiger partial charge in [-0.15, -0.1) is 11.3 Å². The first-order valence-electron chi connectivity index (χ1n) is 6.14. The van der Waals surface area contributed by atoms with E-state index in [2.05, 4.69) is 30.6 Å². The molecule has 0 fully saturated rings. The third-order valence-corrected chi connectivity index (χ3v) is 4.37. The summed E-state index contributed by atoms with van der Waals surface area (Å²) >= 11 is 1.74. The minimum absolute atomic E-state index is 0.00250. The van der Waals surface area contributed by atoms with Gasteiger partial charge in [0.2, 0.25) is 0 Å². The van der Waals surface area contributed by atoms with E-state index in [4.69, 9.17) is 0 Å². The van der Waals surface area contributed by atoms with E-state index in [9.17, 15) is 4.39 Å². The van der Waals surface area contributed by atoms with Gasteiger partial charge in [0.25, 0.3) is 0 Å². The highest BCUT2D eigenvalue weighted by atomic mass is 32.1. The number of rotatable bonds is 4. The molecule has 1 aromatic heterocycles. The second-order valence-corrected chi connectivity index (χ2v) is 5.55. The van der Waals surface area contributed by atoms with Crippen LogP contribution in [-0.4, -0.2) is 0 Å². The van der Waals surface area contributed by atoms with E-state index in [0.717, 1.165) is 5.56 Å². The molecule has 0 radical (unpaired) electrons. The van der Waals surface area contributed by atoms with Crippen molar-refractivity contribution in [1.29, 1.82) is 0 Å². The van der Waals surface area contributed by atoms with E-state index >= 15 is 0 Å². The maximum absolute atomic E-state index is 13.7. The summed E-state index contributed by atoms with van der Waals surface area (Å²) < 4.78 is 13.7. The van der Waals surface area contributed by atoms with E-state index < -0.39 is 0 Å². The van der Waals surface area contributed by atoms with Crippen molar-refractivity contribution >= 4 is 11.3 Å². The van der Waals surface area contributed by atoms with Gasteiger partial charge in [-0.05, 0) is 43.8 Å². The summed E-state index contributed by atoms with van der Waals surface area (Å²) in [5.74, 6) is -0.146. The summed E-state index contributed by atoms with van der Waals surface area (Å²) in [7, 11) is 0. The lowest BCUT2D eigenvalue weighted by Gasteiger charge is -2.20. The molecule has 3 heteroatoms. The molecule has 0 aliphatic heterocycles. The molecule has 18 heavy (non-hydrogen) atoms. The SMILES string of the molecule is Cc1ccsc1C(C)N[C@H](C)c1ccccc1F. The van der Waals surface area contributed by atoms with Crippen LogP contribution < -0.4 is 5.32 Å². The predicted molar refractivity (Wildman–Crippen MR) is 75.4 cm³/mol. The Hall–Kier alpha value is -1.19. The summed E-state index contributed by atoms with van der Waals surface area (Å²) in [5.41, 5.74) is 2.01. The molecule has 0 aliphatic carbocycles. The number of halogens is 1. The monoisotopic (exact) mass is 263 g/mol. The number of aryl methyl sites for hydroxylation is 1. The van der Waals surface area contributed by atoms with Crippen LogP contribution in [0.3, 0.4) is 0 Å². The molecule has 0 amide bonds. The highest BCUT2D eigenvalue weighted by Gasteiger charge is 2.15. The van der Waals surface area contributed by atoms with Crippen LogP contribution in [0, 0.1) is 12.7 Å². The Bertz CT molecular complexity index is 521. The van der Waals surface area contributed by atoms with Crippen molar-refractivity contribution in [1.82, 2.24) is 5.32 Å². The normalized spacial score (nSPS) is 14.4. The van der Waals surface area contributed by atoms with Gasteiger partial charge in [-0.1, -0.05) is 18.2 Å². The minimum Gasteiger partial charge on any atom is -0.303 e. The van der Waals surface area contributed by atoms with Gasteiger partial charge in [0, 0.05) is 22.5 Å². The van der Waals surface area contributed by atoms with Gasteiger partial charge in [-0.25, -0.2) is 4.39 Å². The van der Waals surface area contributed by atoms with Crippen molar-refractivity contribution in [3.05, 3.63) is 57.5 Å². The molecule has 96 valence electrons. The van der Waals surface area contributed by atoms with E-state index in [1.165, 1.54) is 16.5 Å². The van der Waals surface area contributed by atoms with E-state index in [1.54, 1.807) is 17.4 Å². The average molecular weight is 263 g/mol. The quantitative estimate of drug-likeness (QED) is 0.849. The highest BCUT2D eigenvalue weighted by molar-refractivity contribution is 7.10. The second kappa shape index (κ2) is 5.63. The Morgan fingerprint density at radius 1 is 1.11 bits per heavy atom. The fourth-order valence-corrected chi connectivity index (χ4v) is 3.14. The molecule has 1 aromatic carbocycles. The molecule has 0 bridgehead atoms. The second-order valence-electron chi connectivity index (χ2n) is 4.60. The smallest absolute Gasteiger partial charge is 0.127 e. The minimum atomic E-state index is -0.146. The zero-order valence-corrected chi connectivity index (χ0v) is 11.7. The van der Waals surface area contributed by atoms with Crippen LogP contribution in [0.4, 0.5) is 4.39 Å². The molecule has 1 unspecified atom stereocenters. The predicted octanol–water partition coefficient (Wildman–Crippen LogP) is 4.61. The van der Waals surface area contributed by atoms with Crippen LogP contribution in [0.25, 0.3) is 0 Å². The first-order chi connectivity index (χ1) is 8.59. The summed E-state index contributed by atoms with van der Waals surface area (Å²) in [4.78, 5) is 1.32. The zero-order chi connectivity index (χ0) is 13.1. The average Bonchev–Trinajstić information content (AvgIpc) is 2.76. The zero-order valence-electron chi connectivity index (χ0n) is 10.9. The van der Waals surface area contributed by atoms with Crippen LogP contribution in [0.5, 0.6) is 0 Å². The lowest BCUT2D eigenvalue weighted by atomic mass is 10.1. The summed E-state index contributed by atoms with van der Waals surface area (Å²) in [6.07, 6.45) is 0. The van der Waals surface area contributed by atoms with Gasteiger partial charge >= 0.3 is 0 Å². The molecule has 1 nitrogen and oxygen atoms in total. The number of thiophene rings is 1. The Morgan fingerprint density at radius 3 is 2.44 bits per heavy atom. The van der Waals surface area contributed by atoms with Crippen molar-refractivity contribution in [2.75, 3.05) is 0 Å². The molecule has 0 saturated heterocycles. The lowest BCUT2D eigenvalue weighted by Crippen LogP contribution is -2.23. The van der Waals surface area contributed by atoms with Gasteiger partial charge < -0.3 is 5.32 Å². The highest BCUT2D eigenvalue weighted by Crippen LogP contribution is 2.26.